The fourth-order valence-corrected chi connectivity index (χ4v) is 3.53. The van der Waals surface area contributed by atoms with Crippen molar-refractivity contribution in [3.05, 3.63) is 109 Å². The SMILES string of the molecule is O=C1C(=Nc2ccc(-c3cccnc3)cc2)c2ccccc2N1c1ccccc1. The largest absolute Gasteiger partial charge is 0.282 e. The molecule has 0 unspecified atom stereocenters. The van der Waals surface area contributed by atoms with Crippen LogP contribution in [-0.4, -0.2) is 16.6 Å². The molecule has 4 heteroatoms. The Morgan fingerprint density at radius 3 is 2.24 bits per heavy atom. The molecule has 0 saturated carbocycles. The van der Waals surface area contributed by atoms with Gasteiger partial charge in [0.2, 0.25) is 0 Å². The number of carbonyl (C=O) groups is 1. The number of anilines is 2. The minimum absolute atomic E-state index is 0.117. The quantitative estimate of drug-likeness (QED) is 0.471. The lowest BCUT2D eigenvalue weighted by Crippen LogP contribution is -2.25. The van der Waals surface area contributed by atoms with Crippen LogP contribution in [0.2, 0.25) is 0 Å². The van der Waals surface area contributed by atoms with Gasteiger partial charge in [-0.25, -0.2) is 4.99 Å². The van der Waals surface area contributed by atoms with E-state index < -0.39 is 0 Å². The van der Waals surface area contributed by atoms with Crippen molar-refractivity contribution in [3.63, 3.8) is 0 Å². The topological polar surface area (TPSA) is 45.6 Å². The lowest BCUT2D eigenvalue weighted by Gasteiger charge is -2.16. The summed E-state index contributed by atoms with van der Waals surface area (Å²) >= 11 is 0. The van der Waals surface area contributed by atoms with Crippen LogP contribution < -0.4 is 4.90 Å². The predicted molar refractivity (Wildman–Crippen MR) is 116 cm³/mol. The molecule has 2 heterocycles. The van der Waals surface area contributed by atoms with E-state index in [9.17, 15) is 4.79 Å². The van der Waals surface area contributed by atoms with Gasteiger partial charge in [-0.2, -0.15) is 0 Å². The van der Waals surface area contributed by atoms with Crippen LogP contribution in [0.5, 0.6) is 0 Å². The lowest BCUT2D eigenvalue weighted by atomic mass is 10.1. The van der Waals surface area contributed by atoms with Crippen molar-refractivity contribution in [2.75, 3.05) is 4.90 Å². The Bertz CT molecular complexity index is 1200. The van der Waals surface area contributed by atoms with E-state index >= 15 is 0 Å². The standard InChI is InChI=1S/C25H17N3O/c29-25-24(27-20-14-12-18(13-15-20)19-7-6-16-26-17-19)22-10-4-5-11-23(22)28(25)21-8-2-1-3-9-21/h1-17H. The third kappa shape index (κ3) is 3.11. The van der Waals surface area contributed by atoms with E-state index in [0.717, 1.165) is 33.8 Å². The fraction of sp³-hybridized carbons (Fsp3) is 0. The zero-order valence-electron chi connectivity index (χ0n) is 15.6. The number of aliphatic imine (C=N–C) groups is 1. The van der Waals surface area contributed by atoms with Gasteiger partial charge in [-0.05, 0) is 47.5 Å². The average molecular weight is 375 g/mol. The van der Waals surface area contributed by atoms with Gasteiger partial charge in [0, 0.05) is 23.6 Å². The molecule has 0 fully saturated rings. The average Bonchev–Trinajstić information content (AvgIpc) is 3.07. The summed E-state index contributed by atoms with van der Waals surface area (Å²) in [4.78, 5) is 23.8. The molecule has 138 valence electrons. The molecule has 0 atom stereocenters. The lowest BCUT2D eigenvalue weighted by molar-refractivity contribution is -0.111. The maximum Gasteiger partial charge on any atom is 0.282 e. The van der Waals surface area contributed by atoms with Crippen molar-refractivity contribution in [3.8, 4) is 11.1 Å². The maximum atomic E-state index is 13.2. The van der Waals surface area contributed by atoms with Crippen LogP contribution in [0, 0.1) is 0 Å². The Morgan fingerprint density at radius 1 is 0.724 bits per heavy atom. The van der Waals surface area contributed by atoms with Crippen molar-refractivity contribution >= 4 is 28.7 Å². The molecule has 1 aromatic heterocycles. The molecule has 1 aliphatic rings. The Labute approximate surface area is 168 Å². The van der Waals surface area contributed by atoms with Gasteiger partial charge in [0.05, 0.1) is 11.4 Å². The van der Waals surface area contributed by atoms with Crippen LogP contribution in [-0.2, 0) is 4.79 Å². The van der Waals surface area contributed by atoms with Gasteiger partial charge in [0.15, 0.2) is 0 Å². The molecule has 0 N–H and O–H groups in total. The molecule has 4 nitrogen and oxygen atoms in total. The van der Waals surface area contributed by atoms with Crippen LogP contribution in [0.4, 0.5) is 17.1 Å². The minimum Gasteiger partial charge on any atom is -0.275 e. The van der Waals surface area contributed by atoms with E-state index in [-0.39, 0.29) is 5.91 Å². The Balaban J connectivity index is 1.54. The molecule has 1 aliphatic heterocycles. The first kappa shape index (κ1) is 17.1. The first-order chi connectivity index (χ1) is 14.3. The van der Waals surface area contributed by atoms with Crippen molar-refractivity contribution in [1.82, 2.24) is 4.98 Å². The first-order valence-corrected chi connectivity index (χ1v) is 9.39. The van der Waals surface area contributed by atoms with E-state index in [1.165, 1.54) is 0 Å². The second-order valence-corrected chi connectivity index (χ2v) is 6.74. The van der Waals surface area contributed by atoms with Gasteiger partial charge < -0.3 is 0 Å². The minimum atomic E-state index is -0.117. The summed E-state index contributed by atoms with van der Waals surface area (Å²) in [5.74, 6) is -0.117. The summed E-state index contributed by atoms with van der Waals surface area (Å²) in [6.07, 6.45) is 3.58. The third-order valence-corrected chi connectivity index (χ3v) is 4.92. The molecule has 29 heavy (non-hydrogen) atoms. The van der Waals surface area contributed by atoms with E-state index in [1.807, 2.05) is 97.2 Å². The molecular formula is C25H17N3O. The van der Waals surface area contributed by atoms with Gasteiger partial charge in [-0.1, -0.05) is 54.6 Å². The summed E-state index contributed by atoms with van der Waals surface area (Å²) < 4.78 is 0. The molecule has 0 bridgehead atoms. The molecule has 3 aromatic carbocycles. The van der Waals surface area contributed by atoms with Crippen molar-refractivity contribution in [2.24, 2.45) is 4.99 Å². The maximum absolute atomic E-state index is 13.2. The summed E-state index contributed by atoms with van der Waals surface area (Å²) in [6, 6.07) is 29.2. The number of hydrogen-bond acceptors (Lipinski definition) is 3. The summed E-state index contributed by atoms with van der Waals surface area (Å²) in [5, 5.41) is 0. The number of rotatable bonds is 3. The van der Waals surface area contributed by atoms with Crippen LogP contribution in [0.15, 0.2) is 108 Å². The highest BCUT2D eigenvalue weighted by Gasteiger charge is 2.34. The predicted octanol–water partition coefficient (Wildman–Crippen LogP) is 5.55. The number of para-hydroxylation sites is 2. The van der Waals surface area contributed by atoms with Gasteiger partial charge in [0.25, 0.3) is 5.91 Å². The second kappa shape index (κ2) is 7.17. The number of aromatic nitrogens is 1. The number of nitrogens with zero attached hydrogens (tertiary/aromatic N) is 3. The van der Waals surface area contributed by atoms with Crippen molar-refractivity contribution < 1.29 is 4.79 Å². The number of fused-ring (bicyclic) bond motifs is 1. The number of amides is 1. The highest BCUT2D eigenvalue weighted by molar-refractivity contribution is 6.56. The van der Waals surface area contributed by atoms with Gasteiger partial charge >= 0.3 is 0 Å². The molecule has 1 amide bonds. The molecule has 0 saturated heterocycles. The molecule has 5 rings (SSSR count). The van der Waals surface area contributed by atoms with Gasteiger partial charge in [0.1, 0.15) is 5.71 Å². The molecular weight excluding hydrogens is 358 g/mol. The normalized spacial score (nSPS) is 14.3. The van der Waals surface area contributed by atoms with E-state index in [1.54, 1.807) is 11.1 Å². The van der Waals surface area contributed by atoms with Crippen LogP contribution in [0.25, 0.3) is 11.1 Å². The van der Waals surface area contributed by atoms with Gasteiger partial charge in [-0.3, -0.25) is 14.7 Å². The Hall–Kier alpha value is -4.05. The van der Waals surface area contributed by atoms with Crippen molar-refractivity contribution in [1.29, 1.82) is 0 Å². The monoisotopic (exact) mass is 375 g/mol. The van der Waals surface area contributed by atoms with Crippen LogP contribution >= 0.6 is 0 Å². The molecule has 4 aromatic rings. The summed E-state index contributed by atoms with van der Waals surface area (Å²) in [5.41, 5.74) is 5.84. The Kier molecular flexibility index (Phi) is 4.22. The first-order valence-electron chi connectivity index (χ1n) is 9.39. The number of pyridine rings is 1. The summed E-state index contributed by atoms with van der Waals surface area (Å²) in [7, 11) is 0. The van der Waals surface area contributed by atoms with Gasteiger partial charge in [-0.15, -0.1) is 0 Å². The fourth-order valence-electron chi connectivity index (χ4n) is 3.53. The van der Waals surface area contributed by atoms with E-state index in [0.29, 0.717) is 5.71 Å². The van der Waals surface area contributed by atoms with Crippen molar-refractivity contribution in [2.45, 2.75) is 0 Å². The Morgan fingerprint density at radius 2 is 1.48 bits per heavy atom. The highest BCUT2D eigenvalue weighted by Crippen LogP contribution is 2.36. The summed E-state index contributed by atoms with van der Waals surface area (Å²) in [6.45, 7) is 0. The smallest absolute Gasteiger partial charge is 0.275 e. The number of benzene rings is 3. The molecule has 0 aliphatic carbocycles. The van der Waals surface area contributed by atoms with E-state index in [4.69, 9.17) is 4.99 Å². The zero-order valence-corrected chi connectivity index (χ0v) is 15.6. The van der Waals surface area contributed by atoms with Crippen LogP contribution in [0.1, 0.15) is 5.56 Å². The molecule has 0 radical (unpaired) electrons. The third-order valence-electron chi connectivity index (χ3n) is 4.92. The number of carbonyl (C=O) groups excluding carboxylic acids is 1. The number of hydrogen-bond donors (Lipinski definition) is 0. The molecule has 0 spiro atoms. The van der Waals surface area contributed by atoms with E-state index in [2.05, 4.69) is 4.98 Å². The second-order valence-electron chi connectivity index (χ2n) is 6.74. The van der Waals surface area contributed by atoms with Crippen LogP contribution in [0.3, 0.4) is 0 Å². The zero-order chi connectivity index (χ0) is 19.6. The highest BCUT2D eigenvalue weighted by atomic mass is 16.2.